The number of non-ortho nitro benzene ring substituents is 1. The Balaban J connectivity index is 1.93. The molecule has 0 aliphatic carbocycles. The molecule has 132 valence electrons. The van der Waals surface area contributed by atoms with Crippen LogP contribution < -0.4 is 5.56 Å². The van der Waals surface area contributed by atoms with Crippen LogP contribution in [0.4, 0.5) is 5.69 Å². The van der Waals surface area contributed by atoms with Crippen LogP contribution in [0.1, 0.15) is 10.7 Å². The topological polar surface area (TPSA) is 78.0 Å². The number of aromatic nitrogens is 2. The van der Waals surface area contributed by atoms with Crippen molar-refractivity contribution in [3.63, 3.8) is 0 Å². The van der Waals surface area contributed by atoms with Gasteiger partial charge in [0.2, 0.25) is 0 Å². The Morgan fingerprint density at radius 2 is 1.78 bits per heavy atom. The lowest BCUT2D eigenvalue weighted by Crippen LogP contribution is -2.22. The number of nitro benzene ring substituents is 1. The van der Waals surface area contributed by atoms with Gasteiger partial charge < -0.3 is 0 Å². The molecule has 0 saturated heterocycles. The molecule has 2 heterocycles. The van der Waals surface area contributed by atoms with E-state index in [-0.39, 0.29) is 11.2 Å². The Bertz CT molecular complexity index is 1210. The Labute approximate surface area is 157 Å². The summed E-state index contributed by atoms with van der Waals surface area (Å²) in [6.07, 6.45) is 3.67. The summed E-state index contributed by atoms with van der Waals surface area (Å²) in [6, 6.07) is 16.9. The molecular weight excluding hydrogens is 362 g/mol. The van der Waals surface area contributed by atoms with Crippen LogP contribution in [-0.4, -0.2) is 14.5 Å². The van der Waals surface area contributed by atoms with Crippen LogP contribution in [0.15, 0.2) is 70.8 Å². The van der Waals surface area contributed by atoms with E-state index < -0.39 is 4.92 Å². The average Bonchev–Trinajstić information content (AvgIpc) is 3.20. The van der Waals surface area contributed by atoms with Gasteiger partial charge in [0.1, 0.15) is 5.82 Å². The number of hydrogen-bond donors (Lipinski definition) is 0. The van der Waals surface area contributed by atoms with Crippen molar-refractivity contribution in [3.8, 4) is 5.69 Å². The number of nitro groups is 1. The summed E-state index contributed by atoms with van der Waals surface area (Å²) in [5.41, 5.74) is 0.873. The summed E-state index contributed by atoms with van der Waals surface area (Å²) in [7, 11) is 0. The van der Waals surface area contributed by atoms with Crippen LogP contribution in [0.2, 0.25) is 0 Å². The van der Waals surface area contributed by atoms with Gasteiger partial charge in [-0.15, -0.1) is 11.3 Å². The van der Waals surface area contributed by atoms with Crippen LogP contribution in [-0.2, 0) is 0 Å². The van der Waals surface area contributed by atoms with Gasteiger partial charge in [0, 0.05) is 17.0 Å². The molecular formula is C20H13N3O3S. The molecule has 4 aromatic rings. The Morgan fingerprint density at radius 3 is 2.48 bits per heavy atom. The molecule has 0 unspecified atom stereocenters. The summed E-state index contributed by atoms with van der Waals surface area (Å²) >= 11 is 1.58. The van der Waals surface area contributed by atoms with Crippen molar-refractivity contribution >= 4 is 40.1 Å². The van der Waals surface area contributed by atoms with Crippen molar-refractivity contribution in [3.05, 3.63) is 97.2 Å². The van der Waals surface area contributed by atoms with Gasteiger partial charge in [0.15, 0.2) is 0 Å². The predicted molar refractivity (Wildman–Crippen MR) is 107 cm³/mol. The van der Waals surface area contributed by atoms with E-state index in [1.807, 2.05) is 29.7 Å². The SMILES string of the molecule is O=c1c2ccccc2nc(C=Cc2cccs2)n1-c1ccc([N+](=O)[O-])cc1. The van der Waals surface area contributed by atoms with Crippen LogP contribution in [0.5, 0.6) is 0 Å². The smallest absolute Gasteiger partial charge is 0.268 e. The lowest BCUT2D eigenvalue weighted by atomic mass is 10.2. The molecule has 0 aliphatic heterocycles. The zero-order valence-corrected chi connectivity index (χ0v) is 14.8. The lowest BCUT2D eigenvalue weighted by Gasteiger charge is -2.11. The van der Waals surface area contributed by atoms with Crippen molar-refractivity contribution < 1.29 is 4.92 Å². The summed E-state index contributed by atoms with van der Waals surface area (Å²) < 4.78 is 1.47. The molecule has 0 amide bonds. The van der Waals surface area contributed by atoms with Crippen LogP contribution >= 0.6 is 11.3 Å². The molecule has 7 heteroatoms. The van der Waals surface area contributed by atoms with Crippen molar-refractivity contribution in [2.45, 2.75) is 0 Å². The number of hydrogen-bond acceptors (Lipinski definition) is 5. The Kier molecular flexibility index (Phi) is 4.35. The molecule has 2 aromatic carbocycles. The van der Waals surface area contributed by atoms with Gasteiger partial charge in [0.25, 0.3) is 11.2 Å². The molecule has 27 heavy (non-hydrogen) atoms. The van der Waals surface area contributed by atoms with E-state index >= 15 is 0 Å². The lowest BCUT2D eigenvalue weighted by molar-refractivity contribution is -0.384. The van der Waals surface area contributed by atoms with E-state index in [0.717, 1.165) is 4.88 Å². The van der Waals surface area contributed by atoms with Crippen molar-refractivity contribution in [1.29, 1.82) is 0 Å². The highest BCUT2D eigenvalue weighted by Gasteiger charge is 2.12. The van der Waals surface area contributed by atoms with Crippen molar-refractivity contribution in [1.82, 2.24) is 9.55 Å². The largest absolute Gasteiger partial charge is 0.269 e. The quantitative estimate of drug-likeness (QED) is 0.388. The van der Waals surface area contributed by atoms with Gasteiger partial charge in [-0.25, -0.2) is 4.98 Å². The molecule has 0 N–H and O–H groups in total. The first-order valence-corrected chi connectivity index (χ1v) is 9.00. The van der Waals surface area contributed by atoms with Crippen LogP contribution in [0, 0.1) is 10.1 Å². The fraction of sp³-hybridized carbons (Fsp3) is 0. The van der Waals surface area contributed by atoms with E-state index in [1.165, 1.54) is 16.7 Å². The Morgan fingerprint density at radius 1 is 1.00 bits per heavy atom. The van der Waals surface area contributed by atoms with Gasteiger partial charge in [-0.3, -0.25) is 19.5 Å². The third-order valence-corrected chi connectivity index (χ3v) is 4.90. The molecule has 0 spiro atoms. The second-order valence-corrected chi connectivity index (χ2v) is 6.73. The van der Waals surface area contributed by atoms with Crippen molar-refractivity contribution in [2.24, 2.45) is 0 Å². The highest BCUT2D eigenvalue weighted by Crippen LogP contribution is 2.19. The standard InChI is InChI=1S/C20H13N3O3S/c24-20-17-5-1-2-6-18(17)21-19(12-11-16-4-3-13-27-16)22(20)14-7-9-15(10-8-14)23(25)26/h1-13H. The first-order valence-electron chi connectivity index (χ1n) is 8.12. The number of benzene rings is 2. The number of nitrogens with zero attached hydrogens (tertiary/aromatic N) is 3. The molecule has 0 radical (unpaired) electrons. The molecule has 0 atom stereocenters. The molecule has 4 rings (SSSR count). The minimum Gasteiger partial charge on any atom is -0.268 e. The van der Waals surface area contributed by atoms with Gasteiger partial charge in [0.05, 0.1) is 21.5 Å². The van der Waals surface area contributed by atoms with Gasteiger partial charge in [-0.1, -0.05) is 18.2 Å². The molecule has 2 aromatic heterocycles. The van der Waals surface area contributed by atoms with Crippen LogP contribution in [0.25, 0.3) is 28.7 Å². The third-order valence-electron chi connectivity index (χ3n) is 4.06. The van der Waals surface area contributed by atoms with Crippen molar-refractivity contribution in [2.75, 3.05) is 0 Å². The fourth-order valence-electron chi connectivity index (χ4n) is 2.78. The predicted octanol–water partition coefficient (Wildman–Crippen LogP) is 4.53. The highest BCUT2D eigenvalue weighted by atomic mass is 32.1. The van der Waals surface area contributed by atoms with E-state index in [9.17, 15) is 14.9 Å². The average molecular weight is 375 g/mol. The highest BCUT2D eigenvalue weighted by molar-refractivity contribution is 7.10. The number of thiophene rings is 1. The normalized spacial score (nSPS) is 11.3. The molecule has 0 fully saturated rings. The zero-order valence-electron chi connectivity index (χ0n) is 14.0. The minimum absolute atomic E-state index is 0.0313. The molecule has 6 nitrogen and oxygen atoms in total. The Hall–Kier alpha value is -3.58. The fourth-order valence-corrected chi connectivity index (χ4v) is 3.40. The van der Waals surface area contributed by atoms with E-state index in [0.29, 0.717) is 22.4 Å². The van der Waals surface area contributed by atoms with Gasteiger partial charge >= 0.3 is 0 Å². The third kappa shape index (κ3) is 3.28. The van der Waals surface area contributed by atoms with Gasteiger partial charge in [-0.05, 0) is 47.9 Å². The number of fused-ring (bicyclic) bond motifs is 1. The number of rotatable bonds is 4. The summed E-state index contributed by atoms with van der Waals surface area (Å²) in [4.78, 5) is 29.2. The van der Waals surface area contributed by atoms with E-state index in [2.05, 4.69) is 4.98 Å². The minimum atomic E-state index is -0.469. The van der Waals surface area contributed by atoms with E-state index in [4.69, 9.17) is 0 Å². The number of para-hydroxylation sites is 1. The monoisotopic (exact) mass is 375 g/mol. The molecule has 0 bridgehead atoms. The second-order valence-electron chi connectivity index (χ2n) is 5.75. The summed E-state index contributed by atoms with van der Waals surface area (Å²) in [6.45, 7) is 0. The maximum Gasteiger partial charge on any atom is 0.269 e. The van der Waals surface area contributed by atoms with Gasteiger partial charge in [-0.2, -0.15) is 0 Å². The van der Waals surface area contributed by atoms with Crippen LogP contribution in [0.3, 0.4) is 0 Å². The molecule has 0 aliphatic rings. The molecule has 0 saturated carbocycles. The second kappa shape index (κ2) is 6.97. The first kappa shape index (κ1) is 16.9. The maximum atomic E-state index is 13.1. The maximum absolute atomic E-state index is 13.1. The summed E-state index contributed by atoms with van der Waals surface area (Å²) in [5.74, 6) is 0.459. The van der Waals surface area contributed by atoms with E-state index in [1.54, 1.807) is 47.7 Å². The summed E-state index contributed by atoms with van der Waals surface area (Å²) in [5, 5.41) is 13.4. The zero-order chi connectivity index (χ0) is 18.8. The first-order chi connectivity index (χ1) is 13.1.